The molecule has 0 unspecified atom stereocenters. The van der Waals surface area contributed by atoms with Gasteiger partial charge in [0.05, 0.1) is 28.2 Å². The number of benzene rings is 3. The molecule has 3 aromatic carbocycles. The van der Waals surface area contributed by atoms with Gasteiger partial charge >= 0.3 is 5.97 Å². The van der Waals surface area contributed by atoms with E-state index >= 15 is 0 Å². The van der Waals surface area contributed by atoms with E-state index in [9.17, 15) is 4.79 Å². The number of carboxylic acid groups (broad SMARTS) is 1. The van der Waals surface area contributed by atoms with E-state index in [0.717, 1.165) is 33.7 Å². The lowest BCUT2D eigenvalue weighted by Gasteiger charge is -2.14. The first-order valence-corrected chi connectivity index (χ1v) is 11.6. The number of rotatable bonds is 10. The maximum absolute atomic E-state index is 11.1. The van der Waals surface area contributed by atoms with Crippen LogP contribution in [0, 0.1) is 0 Å². The molecule has 0 saturated heterocycles. The van der Waals surface area contributed by atoms with E-state index in [2.05, 4.69) is 4.98 Å². The minimum absolute atomic E-state index is 0.00728. The average Bonchev–Trinajstić information content (AvgIpc) is 3.17. The van der Waals surface area contributed by atoms with Crippen LogP contribution in [0.5, 0.6) is 17.2 Å². The number of aryl methyl sites for hydroxylation is 2. The Morgan fingerprint density at radius 1 is 0.971 bits per heavy atom. The fraction of sp³-hybridized carbons (Fsp3) is 0.231. The Labute approximate surface area is 212 Å². The maximum atomic E-state index is 11.1. The van der Waals surface area contributed by atoms with Crippen molar-refractivity contribution in [1.29, 1.82) is 0 Å². The fourth-order valence-electron chi connectivity index (χ4n) is 3.62. The molecule has 0 atom stereocenters. The molecule has 1 aromatic heterocycles. The largest absolute Gasteiger partial charge is 0.497 e. The number of nitrogens with zero attached hydrogens (tertiary/aromatic N) is 2. The summed E-state index contributed by atoms with van der Waals surface area (Å²) < 4.78 is 19.3. The highest BCUT2D eigenvalue weighted by Gasteiger charge is 2.12. The first-order valence-electron chi connectivity index (χ1n) is 10.9. The molecule has 0 aliphatic rings. The van der Waals surface area contributed by atoms with Crippen LogP contribution in [-0.2, 0) is 31.5 Å². The van der Waals surface area contributed by atoms with E-state index < -0.39 is 5.97 Å². The normalized spacial score (nSPS) is 11.0. The van der Waals surface area contributed by atoms with E-state index in [0.29, 0.717) is 28.0 Å². The van der Waals surface area contributed by atoms with Gasteiger partial charge in [-0.1, -0.05) is 35.3 Å². The van der Waals surface area contributed by atoms with Crippen molar-refractivity contribution in [3.63, 3.8) is 0 Å². The van der Waals surface area contributed by atoms with E-state index in [1.165, 1.54) is 0 Å². The molecule has 0 saturated carbocycles. The molecule has 4 aromatic rings. The lowest BCUT2D eigenvalue weighted by Crippen LogP contribution is -2.05. The summed E-state index contributed by atoms with van der Waals surface area (Å²) in [5.74, 6) is 1.76. The molecule has 9 heteroatoms. The third-order valence-electron chi connectivity index (χ3n) is 5.57. The molecule has 0 fully saturated rings. The number of carboxylic acids is 1. The standard InChI is InChI=1S/C26H24Cl2N2O5/c1-30-23-12-18(33-2)7-9-22(23)29-25(30)15-34-19-6-4-17(5-10-26(31)32)24(13-19)35-14-16-3-8-20(27)21(28)11-16/h3-4,6-9,11-13H,5,10,14-15H2,1-2H3,(H,31,32). The number of imidazole rings is 1. The zero-order chi connectivity index (χ0) is 24.9. The molecule has 4 rings (SSSR count). The molecule has 7 nitrogen and oxygen atoms in total. The number of halogens is 2. The lowest BCUT2D eigenvalue weighted by molar-refractivity contribution is -0.136. The monoisotopic (exact) mass is 514 g/mol. The van der Waals surface area contributed by atoms with Crippen LogP contribution in [0.25, 0.3) is 11.0 Å². The molecule has 0 spiro atoms. The van der Waals surface area contributed by atoms with Crippen LogP contribution in [-0.4, -0.2) is 27.7 Å². The summed E-state index contributed by atoms with van der Waals surface area (Å²) in [6.07, 6.45) is 0.325. The minimum Gasteiger partial charge on any atom is -0.497 e. The molecular weight excluding hydrogens is 491 g/mol. The quantitative estimate of drug-likeness (QED) is 0.276. The zero-order valence-electron chi connectivity index (χ0n) is 19.3. The van der Waals surface area contributed by atoms with Crippen LogP contribution in [0.15, 0.2) is 54.6 Å². The topological polar surface area (TPSA) is 82.8 Å². The third kappa shape index (κ3) is 5.99. The summed E-state index contributed by atoms with van der Waals surface area (Å²) in [7, 11) is 3.55. The van der Waals surface area contributed by atoms with Gasteiger partial charge in [-0.3, -0.25) is 4.79 Å². The Kier molecular flexibility index (Phi) is 7.68. The van der Waals surface area contributed by atoms with Gasteiger partial charge in [-0.15, -0.1) is 0 Å². The van der Waals surface area contributed by atoms with Gasteiger partial charge in [-0.2, -0.15) is 0 Å². The van der Waals surface area contributed by atoms with Gasteiger partial charge in [0.2, 0.25) is 0 Å². The van der Waals surface area contributed by atoms with E-state index in [1.807, 2.05) is 41.9 Å². The summed E-state index contributed by atoms with van der Waals surface area (Å²) in [4.78, 5) is 15.7. The van der Waals surface area contributed by atoms with E-state index in [4.69, 9.17) is 42.5 Å². The number of hydrogen-bond donors (Lipinski definition) is 1. The summed E-state index contributed by atoms with van der Waals surface area (Å²) in [5, 5.41) is 10.0. The predicted octanol–water partition coefficient (Wildman–Crippen LogP) is 6.06. The maximum Gasteiger partial charge on any atom is 0.303 e. The van der Waals surface area contributed by atoms with Crippen molar-refractivity contribution in [1.82, 2.24) is 9.55 Å². The second-order valence-corrected chi connectivity index (χ2v) is 8.75. The number of hydrogen-bond acceptors (Lipinski definition) is 5. The Balaban J connectivity index is 1.52. The van der Waals surface area contributed by atoms with Gasteiger partial charge in [0.25, 0.3) is 0 Å². The van der Waals surface area contributed by atoms with E-state index in [1.54, 1.807) is 31.4 Å². The van der Waals surface area contributed by atoms with Crippen LogP contribution in [0.2, 0.25) is 10.0 Å². The molecule has 182 valence electrons. The average molecular weight is 515 g/mol. The summed E-state index contributed by atoms with van der Waals surface area (Å²) in [5.41, 5.74) is 3.40. The van der Waals surface area contributed by atoms with Crippen molar-refractivity contribution >= 4 is 40.2 Å². The highest BCUT2D eigenvalue weighted by atomic mass is 35.5. The first-order chi connectivity index (χ1) is 16.8. The van der Waals surface area contributed by atoms with Crippen molar-refractivity contribution in [2.75, 3.05) is 7.11 Å². The van der Waals surface area contributed by atoms with Crippen molar-refractivity contribution in [2.24, 2.45) is 7.05 Å². The highest BCUT2D eigenvalue weighted by molar-refractivity contribution is 6.42. The van der Waals surface area contributed by atoms with Crippen molar-refractivity contribution in [2.45, 2.75) is 26.1 Å². The number of aliphatic carboxylic acids is 1. The zero-order valence-corrected chi connectivity index (χ0v) is 20.8. The molecular formula is C26H24Cl2N2O5. The van der Waals surface area contributed by atoms with Crippen molar-refractivity contribution in [3.8, 4) is 17.2 Å². The van der Waals surface area contributed by atoms with E-state index in [-0.39, 0.29) is 19.6 Å². The lowest BCUT2D eigenvalue weighted by atomic mass is 10.1. The SMILES string of the molecule is COc1ccc2nc(COc3ccc(CCC(=O)O)c(OCc4ccc(Cl)c(Cl)c4)c3)n(C)c2c1. The fourth-order valence-corrected chi connectivity index (χ4v) is 3.94. The Morgan fingerprint density at radius 3 is 2.51 bits per heavy atom. The molecule has 0 aliphatic heterocycles. The van der Waals surface area contributed by atoms with Gasteiger partial charge in [0, 0.05) is 25.6 Å². The summed E-state index contributed by atoms with van der Waals surface area (Å²) >= 11 is 12.1. The second kappa shape index (κ2) is 10.9. The van der Waals surface area contributed by atoms with Crippen molar-refractivity contribution in [3.05, 3.63) is 81.6 Å². The first kappa shape index (κ1) is 24.7. The van der Waals surface area contributed by atoms with Crippen LogP contribution < -0.4 is 14.2 Å². The number of methoxy groups -OCH3 is 1. The van der Waals surface area contributed by atoms with Crippen LogP contribution in [0.1, 0.15) is 23.4 Å². The van der Waals surface area contributed by atoms with Crippen LogP contribution in [0.3, 0.4) is 0 Å². The minimum atomic E-state index is -0.876. The van der Waals surface area contributed by atoms with Gasteiger partial charge < -0.3 is 23.9 Å². The van der Waals surface area contributed by atoms with Gasteiger partial charge in [0.15, 0.2) is 0 Å². The number of aromatic nitrogens is 2. The molecule has 35 heavy (non-hydrogen) atoms. The summed E-state index contributed by atoms with van der Waals surface area (Å²) in [6.45, 7) is 0.487. The van der Waals surface area contributed by atoms with Crippen molar-refractivity contribution < 1.29 is 24.1 Å². The smallest absolute Gasteiger partial charge is 0.303 e. The molecule has 1 N–H and O–H groups in total. The Hall–Kier alpha value is -3.42. The molecule has 0 amide bonds. The Morgan fingerprint density at radius 2 is 1.77 bits per heavy atom. The number of carbonyl (C=O) groups is 1. The van der Waals surface area contributed by atoms with Gasteiger partial charge in [0.1, 0.15) is 36.3 Å². The summed E-state index contributed by atoms with van der Waals surface area (Å²) in [6, 6.07) is 16.4. The number of ether oxygens (including phenoxy) is 3. The Bertz CT molecular complexity index is 1370. The van der Waals surface area contributed by atoms with Crippen LogP contribution >= 0.6 is 23.2 Å². The highest BCUT2D eigenvalue weighted by Crippen LogP contribution is 2.29. The second-order valence-electron chi connectivity index (χ2n) is 7.93. The van der Waals surface area contributed by atoms with Gasteiger partial charge in [-0.05, 0) is 47.9 Å². The number of fused-ring (bicyclic) bond motifs is 1. The molecule has 0 radical (unpaired) electrons. The third-order valence-corrected chi connectivity index (χ3v) is 6.31. The predicted molar refractivity (Wildman–Crippen MR) is 135 cm³/mol. The van der Waals surface area contributed by atoms with Crippen LogP contribution in [0.4, 0.5) is 0 Å². The molecule has 1 heterocycles. The van der Waals surface area contributed by atoms with Gasteiger partial charge in [-0.25, -0.2) is 4.98 Å². The molecule has 0 aliphatic carbocycles. The molecule has 0 bridgehead atoms.